The van der Waals surface area contributed by atoms with Gasteiger partial charge in [0.15, 0.2) is 11.5 Å². The molecule has 34 heavy (non-hydrogen) atoms. The molecule has 2 saturated heterocycles. The summed E-state index contributed by atoms with van der Waals surface area (Å²) in [5, 5.41) is 7.50. The maximum absolute atomic E-state index is 13.4. The molecule has 0 saturated carbocycles. The number of imide groups is 1. The van der Waals surface area contributed by atoms with Crippen LogP contribution in [0.1, 0.15) is 30.8 Å². The minimum Gasteiger partial charge on any atom is -0.372 e. The van der Waals surface area contributed by atoms with Crippen LogP contribution in [0.2, 0.25) is 5.02 Å². The molecule has 2 fully saturated rings. The number of amides is 2. The Labute approximate surface area is 202 Å². The number of Topliss-reactive ketones (excluding diaryl/α,β-unsaturated/α-hetero) is 1. The number of piperidine rings is 1. The van der Waals surface area contributed by atoms with Gasteiger partial charge in [-0.1, -0.05) is 16.8 Å². The zero-order chi connectivity index (χ0) is 23.9. The standard InChI is InChI=1S/C22H20ClN5O5S/c1-8-7-28-17-11(5-22(19(28)10(3)32-8)12(29)4-13(30)26-21(22)31)25-15-16(20-24-6-9(2)34-20)27-33-18(15)14(17)23/h6,8,10,19H,4-5,7H2,1-3H3,(H,26,30,31)/t8-,10+,19-,22?/m1/s1. The predicted molar refractivity (Wildman–Crippen MR) is 123 cm³/mol. The summed E-state index contributed by atoms with van der Waals surface area (Å²) in [6, 6.07) is -0.655. The molecule has 0 aromatic carbocycles. The summed E-state index contributed by atoms with van der Waals surface area (Å²) in [6.07, 6.45) is 0.683. The van der Waals surface area contributed by atoms with Crippen molar-refractivity contribution in [2.24, 2.45) is 5.41 Å². The summed E-state index contributed by atoms with van der Waals surface area (Å²) in [5.41, 5.74) is 0.736. The second-order valence-electron chi connectivity index (χ2n) is 9.08. The third-order valence-electron chi connectivity index (χ3n) is 6.82. The van der Waals surface area contributed by atoms with Gasteiger partial charge in [-0.3, -0.25) is 19.7 Å². The number of thiazole rings is 1. The fourth-order valence-electron chi connectivity index (χ4n) is 5.56. The van der Waals surface area contributed by atoms with Gasteiger partial charge in [0.25, 0.3) is 0 Å². The molecule has 6 rings (SSSR count). The van der Waals surface area contributed by atoms with Crippen LogP contribution in [0.25, 0.3) is 21.8 Å². The number of anilines is 1. The van der Waals surface area contributed by atoms with Gasteiger partial charge < -0.3 is 14.2 Å². The number of nitrogens with zero attached hydrogens (tertiary/aromatic N) is 4. The van der Waals surface area contributed by atoms with Crippen LogP contribution in [-0.2, 0) is 25.5 Å². The van der Waals surface area contributed by atoms with Gasteiger partial charge in [0.2, 0.25) is 17.4 Å². The highest BCUT2D eigenvalue weighted by Crippen LogP contribution is 2.51. The van der Waals surface area contributed by atoms with Crippen molar-refractivity contribution in [3.63, 3.8) is 0 Å². The van der Waals surface area contributed by atoms with Gasteiger partial charge in [0, 0.05) is 24.0 Å². The number of hydrogen-bond acceptors (Lipinski definition) is 10. The third-order valence-corrected chi connectivity index (χ3v) is 8.09. The third kappa shape index (κ3) is 2.83. The minimum absolute atomic E-state index is 0.0132. The van der Waals surface area contributed by atoms with Gasteiger partial charge in [0.05, 0.1) is 36.1 Å². The summed E-state index contributed by atoms with van der Waals surface area (Å²) in [5.74, 6) is -1.66. The molecule has 2 amide bonds. The van der Waals surface area contributed by atoms with E-state index < -0.39 is 35.2 Å². The number of nitrogens with one attached hydrogen (secondary N) is 1. The van der Waals surface area contributed by atoms with E-state index >= 15 is 0 Å². The minimum atomic E-state index is -1.53. The van der Waals surface area contributed by atoms with Crippen molar-refractivity contribution in [3.05, 3.63) is 21.8 Å². The summed E-state index contributed by atoms with van der Waals surface area (Å²) < 4.78 is 11.7. The van der Waals surface area contributed by atoms with E-state index in [1.807, 2.05) is 25.7 Å². The highest BCUT2D eigenvalue weighted by Gasteiger charge is 2.63. The molecule has 3 aromatic rings. The molecule has 6 heterocycles. The van der Waals surface area contributed by atoms with Gasteiger partial charge >= 0.3 is 0 Å². The number of carbonyl (C=O) groups excluding carboxylic acids is 3. The first kappa shape index (κ1) is 21.6. The summed E-state index contributed by atoms with van der Waals surface area (Å²) in [7, 11) is 0. The molecule has 3 aliphatic heterocycles. The van der Waals surface area contributed by atoms with Gasteiger partial charge in [-0.15, -0.1) is 11.3 Å². The molecule has 3 aromatic heterocycles. The molecule has 1 unspecified atom stereocenters. The number of hydrogen-bond donors (Lipinski definition) is 1. The van der Waals surface area contributed by atoms with Crippen molar-refractivity contribution in [2.45, 2.75) is 51.9 Å². The van der Waals surface area contributed by atoms with E-state index in [1.165, 1.54) is 11.3 Å². The van der Waals surface area contributed by atoms with E-state index in [1.54, 1.807) is 6.20 Å². The zero-order valence-electron chi connectivity index (χ0n) is 18.5. The first-order valence-electron chi connectivity index (χ1n) is 10.9. The number of ketones is 1. The smallest absolute Gasteiger partial charge is 0.242 e. The first-order chi connectivity index (χ1) is 16.2. The Bertz CT molecular complexity index is 1380. The van der Waals surface area contributed by atoms with Crippen molar-refractivity contribution in [1.82, 2.24) is 20.4 Å². The predicted octanol–water partition coefficient (Wildman–Crippen LogP) is 2.45. The van der Waals surface area contributed by atoms with Crippen molar-refractivity contribution < 1.29 is 23.6 Å². The van der Waals surface area contributed by atoms with Crippen molar-refractivity contribution in [1.29, 1.82) is 0 Å². The molecule has 12 heteroatoms. The van der Waals surface area contributed by atoms with E-state index in [0.29, 0.717) is 44.7 Å². The highest BCUT2D eigenvalue weighted by molar-refractivity contribution is 7.15. The normalized spacial score (nSPS) is 28.9. The van der Waals surface area contributed by atoms with E-state index in [2.05, 4.69) is 15.5 Å². The van der Waals surface area contributed by atoms with Crippen molar-refractivity contribution in [3.8, 4) is 10.7 Å². The van der Waals surface area contributed by atoms with Crippen LogP contribution >= 0.6 is 22.9 Å². The van der Waals surface area contributed by atoms with Crippen LogP contribution in [-0.4, -0.2) is 57.5 Å². The van der Waals surface area contributed by atoms with E-state index in [-0.39, 0.29) is 18.9 Å². The fourth-order valence-corrected chi connectivity index (χ4v) is 6.65. The lowest BCUT2D eigenvalue weighted by molar-refractivity contribution is -0.158. The second-order valence-corrected chi connectivity index (χ2v) is 10.7. The highest BCUT2D eigenvalue weighted by atomic mass is 35.5. The molecule has 10 nitrogen and oxygen atoms in total. The Balaban J connectivity index is 1.60. The van der Waals surface area contributed by atoms with Gasteiger partial charge in [-0.05, 0) is 20.8 Å². The Morgan fingerprint density at radius 3 is 2.79 bits per heavy atom. The summed E-state index contributed by atoms with van der Waals surface area (Å²) in [4.78, 5) is 50.9. The number of morpholine rings is 1. The molecule has 0 aliphatic carbocycles. The zero-order valence-corrected chi connectivity index (χ0v) is 20.1. The molecule has 1 spiro atoms. The largest absolute Gasteiger partial charge is 0.372 e. The molecule has 176 valence electrons. The Hall–Kier alpha value is -2.89. The average Bonchev–Trinajstić information content (AvgIpc) is 3.37. The van der Waals surface area contributed by atoms with Crippen LogP contribution in [0.15, 0.2) is 10.7 Å². The van der Waals surface area contributed by atoms with E-state index in [0.717, 1.165) is 4.88 Å². The lowest BCUT2D eigenvalue weighted by Crippen LogP contribution is -2.72. The molecular weight excluding hydrogens is 482 g/mol. The Morgan fingerprint density at radius 1 is 1.29 bits per heavy atom. The molecule has 4 atom stereocenters. The van der Waals surface area contributed by atoms with Crippen LogP contribution in [0.5, 0.6) is 0 Å². The lowest BCUT2D eigenvalue weighted by atomic mass is 9.64. The Kier molecular flexibility index (Phi) is 4.65. The van der Waals surface area contributed by atoms with Crippen LogP contribution in [0, 0.1) is 12.3 Å². The second kappa shape index (κ2) is 7.30. The van der Waals surface area contributed by atoms with Gasteiger partial charge in [0.1, 0.15) is 21.0 Å². The number of fused-ring (bicyclic) bond motifs is 5. The maximum atomic E-state index is 13.4. The van der Waals surface area contributed by atoms with Crippen molar-refractivity contribution in [2.75, 3.05) is 11.4 Å². The number of pyridine rings is 1. The van der Waals surface area contributed by atoms with Gasteiger partial charge in [-0.2, -0.15) is 0 Å². The molecule has 0 radical (unpaired) electrons. The molecule has 1 N–H and O–H groups in total. The molecular formula is C22H20ClN5O5S. The number of carbonyl (C=O) groups is 3. The number of ether oxygens (including phenoxy) is 1. The summed E-state index contributed by atoms with van der Waals surface area (Å²) >= 11 is 8.34. The number of halogens is 1. The Morgan fingerprint density at radius 2 is 2.09 bits per heavy atom. The van der Waals surface area contributed by atoms with Gasteiger partial charge in [-0.25, -0.2) is 9.97 Å². The van der Waals surface area contributed by atoms with E-state index in [9.17, 15) is 14.4 Å². The average molecular weight is 502 g/mol. The lowest BCUT2D eigenvalue weighted by Gasteiger charge is -2.55. The van der Waals surface area contributed by atoms with Crippen molar-refractivity contribution >= 4 is 57.3 Å². The van der Waals surface area contributed by atoms with E-state index in [4.69, 9.17) is 25.8 Å². The summed E-state index contributed by atoms with van der Waals surface area (Å²) in [6.45, 7) is 6.06. The first-order valence-corrected chi connectivity index (χ1v) is 12.1. The van der Waals surface area contributed by atoms with Crippen LogP contribution < -0.4 is 10.2 Å². The van der Waals surface area contributed by atoms with Crippen LogP contribution in [0.3, 0.4) is 0 Å². The SMILES string of the molecule is Cc1cnc(-c2noc3c(Cl)c4c(nc23)CC2(C(=O)CC(=O)NC2=O)[C@H]2[C@H](C)O[C@H](C)CN42)s1. The molecule has 0 bridgehead atoms. The number of rotatable bonds is 1. The monoisotopic (exact) mass is 501 g/mol. The topological polar surface area (TPSA) is 128 Å². The van der Waals surface area contributed by atoms with Crippen LogP contribution in [0.4, 0.5) is 5.69 Å². The number of aromatic nitrogens is 3. The maximum Gasteiger partial charge on any atom is 0.242 e. The molecule has 3 aliphatic rings. The fraction of sp³-hybridized carbons (Fsp3) is 0.455. The number of aryl methyl sites for hydroxylation is 1. The quantitative estimate of drug-likeness (QED) is 0.395.